The van der Waals surface area contributed by atoms with Crippen molar-refractivity contribution in [2.24, 2.45) is 0 Å². The number of aromatic amines is 2. The van der Waals surface area contributed by atoms with Gasteiger partial charge in [0.1, 0.15) is 0 Å². The molecule has 0 fully saturated rings. The maximum atomic E-state index is 11.4. The molecule has 0 saturated heterocycles. The van der Waals surface area contributed by atoms with Crippen molar-refractivity contribution >= 4 is 12.2 Å². The minimum Gasteiger partial charge on any atom is -0.493 e. The molecule has 1 aromatic carbocycles. The van der Waals surface area contributed by atoms with E-state index in [9.17, 15) is 4.79 Å². The number of benzene rings is 1. The Hall–Kier alpha value is -2.02. The zero-order valence-electron chi connectivity index (χ0n) is 10.7. The van der Waals surface area contributed by atoms with E-state index in [2.05, 4.69) is 10.2 Å². The lowest BCUT2D eigenvalue weighted by Crippen LogP contribution is -2.18. The predicted octanol–water partition coefficient (Wildman–Crippen LogP) is 1.49. The number of methoxy groups -OCH3 is 2. The van der Waals surface area contributed by atoms with Crippen molar-refractivity contribution in [3.8, 4) is 11.5 Å². The number of nitrogens with zero attached hydrogens (tertiary/aromatic N) is 1. The van der Waals surface area contributed by atoms with E-state index in [4.69, 9.17) is 21.7 Å². The van der Waals surface area contributed by atoms with Crippen LogP contribution in [0.1, 0.15) is 5.56 Å². The third-order valence-electron chi connectivity index (χ3n) is 2.84. The SMILES string of the molecule is COc1ccc(CCn2c(=O)[nH][nH]c2=S)cc1OC. The van der Waals surface area contributed by atoms with Gasteiger partial charge in [-0.15, -0.1) is 0 Å². The Morgan fingerprint density at radius 1 is 1.21 bits per heavy atom. The third-order valence-corrected chi connectivity index (χ3v) is 3.16. The maximum absolute atomic E-state index is 11.4. The van der Waals surface area contributed by atoms with Gasteiger partial charge in [-0.1, -0.05) is 6.07 Å². The third kappa shape index (κ3) is 2.87. The highest BCUT2D eigenvalue weighted by Crippen LogP contribution is 2.27. The van der Waals surface area contributed by atoms with Crippen LogP contribution in [-0.2, 0) is 13.0 Å². The molecule has 0 aliphatic heterocycles. The molecule has 19 heavy (non-hydrogen) atoms. The summed E-state index contributed by atoms with van der Waals surface area (Å²) < 4.78 is 12.3. The molecule has 2 aromatic rings. The lowest BCUT2D eigenvalue weighted by molar-refractivity contribution is 0.354. The summed E-state index contributed by atoms with van der Waals surface area (Å²) in [5.41, 5.74) is 0.811. The molecule has 0 bridgehead atoms. The number of aryl methyl sites for hydroxylation is 1. The summed E-state index contributed by atoms with van der Waals surface area (Å²) in [5.74, 6) is 1.36. The van der Waals surface area contributed by atoms with Crippen molar-refractivity contribution < 1.29 is 9.47 Å². The molecule has 1 heterocycles. The Bertz CT molecular complexity index is 644. The molecule has 0 aliphatic rings. The first-order chi connectivity index (χ1) is 9.15. The molecule has 0 atom stereocenters. The van der Waals surface area contributed by atoms with Crippen LogP contribution in [0.2, 0.25) is 0 Å². The van der Waals surface area contributed by atoms with Gasteiger partial charge in [0, 0.05) is 6.54 Å². The summed E-state index contributed by atoms with van der Waals surface area (Å²) in [5, 5.41) is 5.06. The highest BCUT2D eigenvalue weighted by atomic mass is 32.1. The Morgan fingerprint density at radius 3 is 2.53 bits per heavy atom. The van der Waals surface area contributed by atoms with Crippen LogP contribution >= 0.6 is 12.2 Å². The average molecular weight is 281 g/mol. The van der Waals surface area contributed by atoms with Crippen molar-refractivity contribution in [3.05, 3.63) is 39.0 Å². The monoisotopic (exact) mass is 281 g/mol. The summed E-state index contributed by atoms with van der Waals surface area (Å²) in [4.78, 5) is 11.4. The van der Waals surface area contributed by atoms with Crippen molar-refractivity contribution in [3.63, 3.8) is 0 Å². The fourth-order valence-corrected chi connectivity index (χ4v) is 2.04. The predicted molar refractivity (Wildman–Crippen MR) is 73.5 cm³/mol. The molecule has 1 aromatic heterocycles. The summed E-state index contributed by atoms with van der Waals surface area (Å²) in [6.45, 7) is 0.507. The molecule has 2 N–H and O–H groups in total. The Morgan fingerprint density at radius 2 is 1.95 bits per heavy atom. The van der Waals surface area contributed by atoms with E-state index in [0.717, 1.165) is 5.56 Å². The van der Waals surface area contributed by atoms with E-state index in [1.165, 1.54) is 4.57 Å². The topological polar surface area (TPSA) is 72.0 Å². The van der Waals surface area contributed by atoms with Crippen LogP contribution in [0.4, 0.5) is 0 Å². The standard InChI is InChI=1S/C12H15N3O3S/c1-17-9-4-3-8(7-10(9)18-2)5-6-15-11(16)13-14-12(15)19/h3-4,7H,5-6H2,1-2H3,(H,13,16)(H,14,19). The summed E-state index contributed by atoms with van der Waals surface area (Å²) in [6, 6.07) is 5.67. The highest BCUT2D eigenvalue weighted by Gasteiger charge is 2.06. The zero-order chi connectivity index (χ0) is 13.8. The summed E-state index contributed by atoms with van der Waals surface area (Å²) >= 11 is 5.01. The average Bonchev–Trinajstić information content (AvgIpc) is 2.75. The number of H-pyrrole nitrogens is 2. The Kier molecular flexibility index (Phi) is 4.06. The molecule has 6 nitrogen and oxygen atoms in total. The normalized spacial score (nSPS) is 10.4. The summed E-state index contributed by atoms with van der Waals surface area (Å²) in [7, 11) is 3.19. The van der Waals surface area contributed by atoms with E-state index >= 15 is 0 Å². The molecule has 0 amide bonds. The Labute approximate surface area is 115 Å². The van der Waals surface area contributed by atoms with E-state index in [-0.39, 0.29) is 5.69 Å². The van der Waals surface area contributed by atoms with Gasteiger partial charge in [0.05, 0.1) is 14.2 Å². The first-order valence-corrected chi connectivity index (χ1v) is 6.15. The Balaban J connectivity index is 2.16. The van der Waals surface area contributed by atoms with Gasteiger partial charge in [0.25, 0.3) is 0 Å². The van der Waals surface area contributed by atoms with Crippen LogP contribution < -0.4 is 15.2 Å². The van der Waals surface area contributed by atoms with E-state index in [0.29, 0.717) is 29.2 Å². The second kappa shape index (κ2) is 5.75. The molecule has 0 radical (unpaired) electrons. The number of hydrogen-bond donors (Lipinski definition) is 2. The number of nitrogens with one attached hydrogen (secondary N) is 2. The largest absolute Gasteiger partial charge is 0.493 e. The quantitative estimate of drug-likeness (QED) is 0.815. The van der Waals surface area contributed by atoms with Gasteiger partial charge in [-0.2, -0.15) is 0 Å². The summed E-state index contributed by atoms with van der Waals surface area (Å²) in [6.07, 6.45) is 0.676. The lowest BCUT2D eigenvalue weighted by atomic mass is 10.1. The van der Waals surface area contributed by atoms with Gasteiger partial charge in [0.2, 0.25) is 0 Å². The zero-order valence-corrected chi connectivity index (χ0v) is 11.5. The van der Waals surface area contributed by atoms with Crippen LogP contribution in [0.15, 0.2) is 23.0 Å². The van der Waals surface area contributed by atoms with Crippen LogP contribution in [0.25, 0.3) is 0 Å². The molecular formula is C12H15N3O3S. The van der Waals surface area contributed by atoms with E-state index < -0.39 is 0 Å². The molecule has 102 valence electrons. The van der Waals surface area contributed by atoms with Gasteiger partial charge >= 0.3 is 5.69 Å². The van der Waals surface area contributed by atoms with E-state index in [1.807, 2.05) is 18.2 Å². The minimum atomic E-state index is -0.231. The van der Waals surface area contributed by atoms with Gasteiger partial charge in [-0.3, -0.25) is 9.67 Å². The van der Waals surface area contributed by atoms with Crippen LogP contribution in [0.3, 0.4) is 0 Å². The second-order valence-corrected chi connectivity index (χ2v) is 4.34. The second-order valence-electron chi connectivity index (χ2n) is 3.95. The molecule has 2 rings (SSSR count). The van der Waals surface area contributed by atoms with Crippen molar-refractivity contribution in [2.45, 2.75) is 13.0 Å². The van der Waals surface area contributed by atoms with Crippen LogP contribution in [0.5, 0.6) is 11.5 Å². The molecule has 0 unspecified atom stereocenters. The minimum absolute atomic E-state index is 0.231. The fourth-order valence-electron chi connectivity index (χ4n) is 1.81. The van der Waals surface area contributed by atoms with Gasteiger partial charge in [-0.25, -0.2) is 9.89 Å². The number of hydrogen-bond acceptors (Lipinski definition) is 4. The first-order valence-electron chi connectivity index (χ1n) is 5.74. The van der Waals surface area contributed by atoms with Crippen molar-refractivity contribution in [1.29, 1.82) is 0 Å². The molecular weight excluding hydrogens is 266 g/mol. The van der Waals surface area contributed by atoms with Crippen LogP contribution in [-0.4, -0.2) is 29.0 Å². The van der Waals surface area contributed by atoms with Gasteiger partial charge in [-0.05, 0) is 36.3 Å². The highest BCUT2D eigenvalue weighted by molar-refractivity contribution is 7.71. The molecule has 0 aliphatic carbocycles. The van der Waals surface area contributed by atoms with Gasteiger partial charge < -0.3 is 9.47 Å². The number of rotatable bonds is 5. The fraction of sp³-hybridized carbons (Fsp3) is 0.333. The van der Waals surface area contributed by atoms with Gasteiger partial charge in [0.15, 0.2) is 16.3 Å². The van der Waals surface area contributed by atoms with E-state index in [1.54, 1.807) is 14.2 Å². The van der Waals surface area contributed by atoms with Crippen molar-refractivity contribution in [1.82, 2.24) is 14.8 Å². The number of aromatic nitrogens is 3. The maximum Gasteiger partial charge on any atom is 0.342 e. The molecule has 0 saturated carbocycles. The smallest absolute Gasteiger partial charge is 0.342 e. The number of ether oxygens (including phenoxy) is 2. The lowest BCUT2D eigenvalue weighted by Gasteiger charge is -2.09. The van der Waals surface area contributed by atoms with Crippen molar-refractivity contribution in [2.75, 3.05) is 14.2 Å². The molecule has 0 spiro atoms. The molecule has 7 heteroatoms. The van der Waals surface area contributed by atoms with Crippen LogP contribution in [0, 0.1) is 4.77 Å². The first kappa shape index (κ1) is 13.4.